The third-order valence-corrected chi connectivity index (χ3v) is 4.10. The summed E-state index contributed by atoms with van der Waals surface area (Å²) in [6.45, 7) is 1.66. The molecule has 1 aromatic carbocycles. The summed E-state index contributed by atoms with van der Waals surface area (Å²) in [5.41, 5.74) is 0.245. The Morgan fingerprint density at radius 2 is 2.12 bits per heavy atom. The molecule has 0 radical (unpaired) electrons. The minimum Gasteiger partial charge on any atom is -0.334 e. The summed E-state index contributed by atoms with van der Waals surface area (Å²) in [6, 6.07) is 5.98. The number of fused-ring (bicyclic) bond motifs is 1. The molecule has 6 nitrogen and oxygen atoms in total. The van der Waals surface area contributed by atoms with Gasteiger partial charge < -0.3 is 9.88 Å². The first-order valence-electron chi connectivity index (χ1n) is 7.77. The van der Waals surface area contributed by atoms with Crippen LogP contribution in [0.15, 0.2) is 29.1 Å². The van der Waals surface area contributed by atoms with Gasteiger partial charge in [0.05, 0.1) is 30.0 Å². The first-order valence-corrected chi connectivity index (χ1v) is 7.77. The Hall–Kier alpha value is -2.06. The first-order chi connectivity index (χ1) is 11.4. The molecule has 25 heavy (non-hydrogen) atoms. The Kier molecular flexibility index (Phi) is 5.74. The Bertz CT molecular complexity index is 827. The maximum Gasteiger partial charge on any atom is 0.262 e. The van der Waals surface area contributed by atoms with Gasteiger partial charge in [-0.25, -0.2) is 13.8 Å². The molecule has 136 valence electrons. The molecule has 1 unspecified atom stereocenters. The summed E-state index contributed by atoms with van der Waals surface area (Å²) in [4.78, 5) is 32.9. The average molecular weight is 373 g/mol. The van der Waals surface area contributed by atoms with Crippen LogP contribution in [0.3, 0.4) is 0 Å². The van der Waals surface area contributed by atoms with Crippen LogP contribution < -0.4 is 10.9 Å². The van der Waals surface area contributed by atoms with Crippen LogP contribution in [0.25, 0.3) is 10.9 Å². The van der Waals surface area contributed by atoms with Crippen molar-refractivity contribution in [2.45, 2.75) is 31.9 Å². The average Bonchev–Trinajstić information content (AvgIpc) is 2.92. The molecular weight excluding hydrogens is 354 g/mol. The van der Waals surface area contributed by atoms with Crippen molar-refractivity contribution in [3.8, 4) is 0 Å². The number of amides is 1. The fourth-order valence-electron chi connectivity index (χ4n) is 2.85. The highest BCUT2D eigenvalue weighted by Gasteiger charge is 2.43. The number of nitrogens with one attached hydrogen (secondary N) is 2. The van der Waals surface area contributed by atoms with Crippen molar-refractivity contribution in [2.24, 2.45) is 0 Å². The predicted molar refractivity (Wildman–Crippen MR) is 92.1 cm³/mol. The number of aromatic nitrogens is 2. The molecule has 1 amide bonds. The fourth-order valence-corrected chi connectivity index (χ4v) is 2.85. The molecule has 2 N–H and O–H groups in total. The molecule has 3 rings (SSSR count). The lowest BCUT2D eigenvalue weighted by Crippen LogP contribution is -2.43. The number of benzene rings is 1. The number of aromatic amines is 1. The Labute approximate surface area is 149 Å². The van der Waals surface area contributed by atoms with Gasteiger partial charge in [-0.05, 0) is 19.1 Å². The van der Waals surface area contributed by atoms with E-state index >= 15 is 0 Å². The molecule has 9 heteroatoms. The maximum atomic E-state index is 13.3. The van der Waals surface area contributed by atoms with E-state index in [-0.39, 0.29) is 24.5 Å². The van der Waals surface area contributed by atoms with Crippen LogP contribution >= 0.6 is 12.4 Å². The summed E-state index contributed by atoms with van der Waals surface area (Å²) < 4.78 is 26.6. The molecule has 1 aliphatic heterocycles. The van der Waals surface area contributed by atoms with E-state index in [9.17, 15) is 18.4 Å². The van der Waals surface area contributed by atoms with Gasteiger partial charge in [0.25, 0.3) is 11.5 Å². The summed E-state index contributed by atoms with van der Waals surface area (Å²) >= 11 is 0. The van der Waals surface area contributed by atoms with E-state index < -0.39 is 30.8 Å². The number of nitrogens with zero attached hydrogens (tertiary/aromatic N) is 2. The second-order valence-corrected chi connectivity index (χ2v) is 5.88. The Morgan fingerprint density at radius 3 is 2.76 bits per heavy atom. The van der Waals surface area contributed by atoms with E-state index in [1.807, 2.05) is 0 Å². The summed E-state index contributed by atoms with van der Waals surface area (Å²) in [5.74, 6) is -2.95. The van der Waals surface area contributed by atoms with Gasteiger partial charge in [0.1, 0.15) is 5.82 Å². The van der Waals surface area contributed by atoms with Gasteiger partial charge in [-0.3, -0.25) is 14.9 Å². The van der Waals surface area contributed by atoms with E-state index in [2.05, 4.69) is 15.3 Å². The number of rotatable bonds is 4. The van der Waals surface area contributed by atoms with E-state index in [0.717, 1.165) is 0 Å². The van der Waals surface area contributed by atoms with Gasteiger partial charge >= 0.3 is 0 Å². The normalized spacial score (nSPS) is 18.8. The molecule has 1 fully saturated rings. The van der Waals surface area contributed by atoms with Crippen LogP contribution in [0.2, 0.25) is 0 Å². The van der Waals surface area contributed by atoms with Crippen LogP contribution in [0.1, 0.15) is 19.2 Å². The molecule has 1 atom stereocenters. The van der Waals surface area contributed by atoms with Crippen LogP contribution in [0.4, 0.5) is 8.78 Å². The molecule has 2 aromatic rings. The van der Waals surface area contributed by atoms with Gasteiger partial charge in [-0.1, -0.05) is 12.1 Å². The SMILES string of the molecule is CCN(Cc1nc2ccccc2c(=O)[nH]1)C(=O)C1CC(F)(F)CN1.Cl. The number of carbonyl (C=O) groups is 1. The largest absolute Gasteiger partial charge is 0.334 e. The van der Waals surface area contributed by atoms with Gasteiger partial charge in [0.2, 0.25) is 5.91 Å². The zero-order valence-electron chi connectivity index (χ0n) is 13.6. The van der Waals surface area contributed by atoms with E-state index in [1.54, 1.807) is 31.2 Å². The second kappa shape index (κ2) is 7.45. The topological polar surface area (TPSA) is 78.1 Å². The highest BCUT2D eigenvalue weighted by atomic mass is 35.5. The molecule has 0 spiro atoms. The second-order valence-electron chi connectivity index (χ2n) is 5.88. The molecule has 0 bridgehead atoms. The summed E-state index contributed by atoms with van der Waals surface area (Å²) in [5, 5.41) is 3.02. The van der Waals surface area contributed by atoms with Crippen LogP contribution in [-0.2, 0) is 11.3 Å². The number of H-pyrrole nitrogens is 1. The van der Waals surface area contributed by atoms with Crippen LogP contribution in [0, 0.1) is 0 Å². The number of hydrogen-bond donors (Lipinski definition) is 2. The van der Waals surface area contributed by atoms with Crippen molar-refractivity contribution in [3.63, 3.8) is 0 Å². The lowest BCUT2D eigenvalue weighted by Gasteiger charge is -2.23. The Balaban J connectivity index is 0.00000225. The van der Waals surface area contributed by atoms with E-state index in [4.69, 9.17) is 0 Å². The monoisotopic (exact) mass is 372 g/mol. The lowest BCUT2D eigenvalue weighted by atomic mass is 10.1. The van der Waals surface area contributed by atoms with Crippen molar-refractivity contribution in [1.82, 2.24) is 20.2 Å². The molecule has 1 aromatic heterocycles. The van der Waals surface area contributed by atoms with Gasteiger partial charge in [-0.15, -0.1) is 12.4 Å². The zero-order chi connectivity index (χ0) is 17.3. The highest BCUT2D eigenvalue weighted by molar-refractivity contribution is 5.85. The smallest absolute Gasteiger partial charge is 0.262 e. The van der Waals surface area contributed by atoms with Crippen LogP contribution in [0.5, 0.6) is 0 Å². The van der Waals surface area contributed by atoms with E-state index in [1.165, 1.54) is 4.90 Å². The van der Waals surface area contributed by atoms with E-state index in [0.29, 0.717) is 23.3 Å². The number of carbonyl (C=O) groups excluding carboxylic acids is 1. The Morgan fingerprint density at radius 1 is 1.40 bits per heavy atom. The quantitative estimate of drug-likeness (QED) is 0.856. The van der Waals surface area contributed by atoms with Crippen molar-refractivity contribution in [2.75, 3.05) is 13.1 Å². The number of hydrogen-bond acceptors (Lipinski definition) is 4. The third kappa shape index (κ3) is 4.13. The fraction of sp³-hybridized carbons (Fsp3) is 0.438. The molecule has 1 aliphatic rings. The van der Waals surface area contributed by atoms with Crippen molar-refractivity contribution < 1.29 is 13.6 Å². The predicted octanol–water partition coefficient (Wildman–Crippen LogP) is 1.69. The number of para-hydroxylation sites is 1. The lowest BCUT2D eigenvalue weighted by molar-refractivity contribution is -0.134. The number of likely N-dealkylation sites (N-methyl/N-ethyl adjacent to an activating group) is 1. The van der Waals surface area contributed by atoms with Gasteiger partial charge in [0, 0.05) is 13.0 Å². The minimum atomic E-state index is -2.87. The molecule has 0 saturated carbocycles. The zero-order valence-corrected chi connectivity index (χ0v) is 14.4. The maximum absolute atomic E-state index is 13.3. The van der Waals surface area contributed by atoms with Crippen molar-refractivity contribution >= 4 is 29.2 Å². The number of halogens is 3. The molecule has 0 aliphatic carbocycles. The standard InChI is InChI=1S/C16H18F2N4O2.ClH/c1-2-22(15(24)12-7-16(17,18)9-19-12)8-13-20-11-6-4-3-5-10(11)14(23)21-13;/h3-6,12,19H,2,7-9H2,1H3,(H,20,21,23);1H. The molecule has 1 saturated heterocycles. The summed E-state index contributed by atoms with van der Waals surface area (Å²) in [6.07, 6.45) is -0.510. The highest BCUT2D eigenvalue weighted by Crippen LogP contribution is 2.26. The first kappa shape index (κ1) is 19.3. The van der Waals surface area contributed by atoms with Crippen LogP contribution in [-0.4, -0.2) is 45.8 Å². The number of alkyl halides is 2. The third-order valence-electron chi connectivity index (χ3n) is 4.10. The minimum absolute atomic E-state index is 0. The van der Waals surface area contributed by atoms with Crippen molar-refractivity contribution in [3.05, 3.63) is 40.4 Å². The summed E-state index contributed by atoms with van der Waals surface area (Å²) in [7, 11) is 0. The van der Waals surface area contributed by atoms with Crippen molar-refractivity contribution in [1.29, 1.82) is 0 Å². The molecular formula is C16H19ClF2N4O2. The van der Waals surface area contributed by atoms with Gasteiger partial charge in [-0.2, -0.15) is 0 Å². The van der Waals surface area contributed by atoms with Gasteiger partial charge in [0.15, 0.2) is 0 Å². The molecule has 2 heterocycles.